The quantitative estimate of drug-likeness (QED) is 0.386. The first-order valence-corrected chi connectivity index (χ1v) is 12.2. The molecule has 0 spiro atoms. The average molecular weight is 472 g/mol. The van der Waals surface area contributed by atoms with E-state index < -0.39 is 14.9 Å². The molecule has 0 bridgehead atoms. The van der Waals surface area contributed by atoms with Gasteiger partial charge in [-0.3, -0.25) is 14.7 Å². The van der Waals surface area contributed by atoms with E-state index in [1.54, 1.807) is 4.57 Å². The predicted molar refractivity (Wildman–Crippen MR) is 122 cm³/mol. The molecule has 11 heteroatoms. The van der Waals surface area contributed by atoms with Gasteiger partial charge in [-0.2, -0.15) is 9.40 Å². The number of aromatic nitrogens is 3. The van der Waals surface area contributed by atoms with E-state index in [2.05, 4.69) is 5.10 Å². The van der Waals surface area contributed by atoms with E-state index in [-0.39, 0.29) is 35.3 Å². The van der Waals surface area contributed by atoms with Gasteiger partial charge in [0.2, 0.25) is 10.0 Å². The molecule has 1 saturated heterocycles. The van der Waals surface area contributed by atoms with E-state index in [4.69, 9.17) is 0 Å². The predicted octanol–water partition coefficient (Wildman–Crippen LogP) is 2.59. The first-order valence-electron chi connectivity index (χ1n) is 10.8. The van der Waals surface area contributed by atoms with Gasteiger partial charge in [-0.05, 0) is 37.5 Å². The molecule has 10 nitrogen and oxygen atoms in total. The van der Waals surface area contributed by atoms with E-state index in [9.17, 15) is 23.3 Å². The molecule has 0 aliphatic carbocycles. The first-order chi connectivity index (χ1) is 15.8. The Balaban J connectivity index is 1.50. The molecule has 0 unspecified atom stereocenters. The highest BCUT2D eigenvalue weighted by atomic mass is 32.2. The Morgan fingerprint density at radius 1 is 1.06 bits per heavy atom. The van der Waals surface area contributed by atoms with Crippen molar-refractivity contribution in [1.29, 1.82) is 0 Å². The van der Waals surface area contributed by atoms with Crippen molar-refractivity contribution in [3.8, 4) is 0 Å². The molecular weight excluding hydrogens is 446 g/mol. The van der Waals surface area contributed by atoms with Gasteiger partial charge in [-0.25, -0.2) is 17.9 Å². The minimum Gasteiger partial charge on any atom is -0.279 e. The summed E-state index contributed by atoms with van der Waals surface area (Å²) in [6, 6.07) is 14.5. The molecule has 0 radical (unpaired) electrons. The summed E-state index contributed by atoms with van der Waals surface area (Å²) in [5.41, 5.74) is 0.657. The molecule has 174 valence electrons. The van der Waals surface area contributed by atoms with Crippen LogP contribution in [0.4, 0.5) is 5.69 Å². The molecule has 1 aliphatic rings. The molecular formula is C22H25N5O5S. The number of nitrogens with zero attached hydrogens (tertiary/aromatic N) is 5. The fourth-order valence-electron chi connectivity index (χ4n) is 4.16. The molecule has 2 heterocycles. The maximum atomic E-state index is 13.0. The third-order valence-corrected chi connectivity index (χ3v) is 7.86. The zero-order valence-electron chi connectivity index (χ0n) is 18.2. The van der Waals surface area contributed by atoms with Crippen LogP contribution in [-0.4, -0.2) is 45.1 Å². The van der Waals surface area contributed by atoms with Crippen LogP contribution >= 0.6 is 0 Å². The number of hydrogen-bond donors (Lipinski definition) is 0. The Kier molecular flexibility index (Phi) is 6.43. The zero-order chi connectivity index (χ0) is 23.6. The van der Waals surface area contributed by atoms with Gasteiger partial charge in [0.25, 0.3) is 5.69 Å². The van der Waals surface area contributed by atoms with Crippen LogP contribution in [0.3, 0.4) is 0 Å². The lowest BCUT2D eigenvalue weighted by molar-refractivity contribution is -0.384. The minimum absolute atomic E-state index is 0.0296. The Bertz CT molecular complexity index is 1290. The van der Waals surface area contributed by atoms with E-state index >= 15 is 0 Å². The largest absolute Gasteiger partial charge is 0.346 e. The van der Waals surface area contributed by atoms with Crippen LogP contribution in [0.25, 0.3) is 0 Å². The maximum Gasteiger partial charge on any atom is 0.346 e. The monoisotopic (exact) mass is 471 g/mol. The molecule has 2 aromatic carbocycles. The van der Waals surface area contributed by atoms with Crippen LogP contribution in [0, 0.1) is 10.1 Å². The second kappa shape index (κ2) is 9.28. The smallest absolute Gasteiger partial charge is 0.279 e. The topological polar surface area (TPSA) is 120 Å². The van der Waals surface area contributed by atoms with Gasteiger partial charge < -0.3 is 0 Å². The van der Waals surface area contributed by atoms with Crippen LogP contribution < -0.4 is 5.69 Å². The van der Waals surface area contributed by atoms with Crippen LogP contribution in [0.2, 0.25) is 0 Å². The second-order valence-corrected chi connectivity index (χ2v) is 9.90. The molecule has 0 saturated carbocycles. The van der Waals surface area contributed by atoms with Gasteiger partial charge in [0, 0.05) is 37.7 Å². The van der Waals surface area contributed by atoms with Crippen LogP contribution in [0.5, 0.6) is 0 Å². The highest BCUT2D eigenvalue weighted by Gasteiger charge is 2.32. The van der Waals surface area contributed by atoms with Crippen molar-refractivity contribution in [2.24, 2.45) is 0 Å². The summed E-state index contributed by atoms with van der Waals surface area (Å²) in [6.45, 7) is 3.34. The lowest BCUT2D eigenvalue weighted by Crippen LogP contribution is -2.38. The number of sulfonamides is 1. The van der Waals surface area contributed by atoms with Crippen molar-refractivity contribution in [2.75, 3.05) is 13.1 Å². The lowest BCUT2D eigenvalue weighted by Gasteiger charge is -2.30. The molecule has 0 N–H and O–H groups in total. The highest BCUT2D eigenvalue weighted by molar-refractivity contribution is 7.89. The first kappa shape index (κ1) is 22.9. The van der Waals surface area contributed by atoms with E-state index in [1.807, 2.05) is 37.3 Å². The van der Waals surface area contributed by atoms with Crippen LogP contribution in [0.15, 0.2) is 64.3 Å². The summed E-state index contributed by atoms with van der Waals surface area (Å²) in [4.78, 5) is 23.2. The number of benzene rings is 2. The Morgan fingerprint density at radius 2 is 1.70 bits per heavy atom. The molecule has 1 aromatic heterocycles. The molecule has 1 aliphatic heterocycles. The maximum absolute atomic E-state index is 13.0. The number of nitro groups is 1. The Labute approximate surface area is 191 Å². The van der Waals surface area contributed by atoms with Crippen molar-refractivity contribution in [2.45, 2.75) is 43.7 Å². The molecule has 1 fully saturated rings. The average Bonchev–Trinajstić information content (AvgIpc) is 3.14. The normalized spacial score (nSPS) is 15.5. The van der Waals surface area contributed by atoms with Gasteiger partial charge in [-0.15, -0.1) is 0 Å². The molecule has 33 heavy (non-hydrogen) atoms. The van der Waals surface area contributed by atoms with E-state index in [1.165, 1.54) is 33.3 Å². The summed E-state index contributed by atoms with van der Waals surface area (Å²) in [7, 11) is -3.75. The summed E-state index contributed by atoms with van der Waals surface area (Å²) >= 11 is 0. The number of non-ortho nitro benzene ring substituents is 1. The molecule has 4 rings (SSSR count). The van der Waals surface area contributed by atoms with Gasteiger partial charge in [0.05, 0.1) is 16.4 Å². The summed E-state index contributed by atoms with van der Waals surface area (Å²) < 4.78 is 30.5. The zero-order valence-corrected chi connectivity index (χ0v) is 19.0. The van der Waals surface area contributed by atoms with Crippen molar-refractivity contribution >= 4 is 15.7 Å². The van der Waals surface area contributed by atoms with Crippen molar-refractivity contribution in [3.05, 3.63) is 86.6 Å². The van der Waals surface area contributed by atoms with Gasteiger partial charge in [-0.1, -0.05) is 30.3 Å². The summed E-state index contributed by atoms with van der Waals surface area (Å²) in [5.74, 6) is 0.656. The standard InChI is InChI=1S/C22H25N5O5S/c1-2-25-21(23-26(22(25)28)16-17-6-4-3-5-7-17)18-12-14-24(15-13-18)33(31,32)20-10-8-19(9-11-20)27(29)30/h3-11,18H,2,12-16H2,1H3. The van der Waals surface area contributed by atoms with Gasteiger partial charge in [0.1, 0.15) is 5.82 Å². The summed E-state index contributed by atoms with van der Waals surface area (Å²) in [6.07, 6.45) is 1.07. The highest BCUT2D eigenvalue weighted by Crippen LogP contribution is 2.30. The van der Waals surface area contributed by atoms with Gasteiger partial charge in [0.15, 0.2) is 0 Å². The third kappa shape index (κ3) is 4.60. The van der Waals surface area contributed by atoms with Crippen molar-refractivity contribution in [3.63, 3.8) is 0 Å². The minimum atomic E-state index is -3.75. The van der Waals surface area contributed by atoms with Crippen LogP contribution in [-0.2, 0) is 23.1 Å². The number of hydrogen-bond acceptors (Lipinski definition) is 6. The third-order valence-electron chi connectivity index (χ3n) is 5.95. The van der Waals surface area contributed by atoms with Crippen molar-refractivity contribution in [1.82, 2.24) is 18.7 Å². The molecule has 0 amide bonds. The summed E-state index contributed by atoms with van der Waals surface area (Å²) in [5, 5.41) is 15.4. The number of rotatable bonds is 7. The lowest BCUT2D eigenvalue weighted by atomic mass is 9.97. The second-order valence-electron chi connectivity index (χ2n) is 7.96. The SMILES string of the molecule is CCn1c(C2CCN(S(=O)(=O)c3ccc([N+](=O)[O-])cc3)CC2)nn(Cc2ccccc2)c1=O. The van der Waals surface area contributed by atoms with E-state index in [0.29, 0.717) is 31.8 Å². The van der Waals surface area contributed by atoms with E-state index in [0.717, 1.165) is 5.56 Å². The number of nitro benzene ring substituents is 1. The Hall–Kier alpha value is -3.31. The number of piperidine rings is 1. The fraction of sp³-hybridized carbons (Fsp3) is 0.364. The molecule has 0 atom stereocenters. The van der Waals surface area contributed by atoms with Gasteiger partial charge >= 0.3 is 5.69 Å². The van der Waals surface area contributed by atoms with Crippen molar-refractivity contribution < 1.29 is 13.3 Å². The fourth-order valence-corrected chi connectivity index (χ4v) is 5.63. The Morgan fingerprint density at radius 3 is 2.27 bits per heavy atom. The molecule has 3 aromatic rings. The van der Waals surface area contributed by atoms with Crippen LogP contribution in [0.1, 0.15) is 37.1 Å².